The van der Waals surface area contributed by atoms with E-state index in [2.05, 4.69) is 57.7 Å². The Morgan fingerprint density at radius 3 is 2.80 bits per heavy atom. The highest BCUT2D eigenvalue weighted by Gasteiger charge is 2.14. The molecule has 0 bridgehead atoms. The quantitative estimate of drug-likeness (QED) is 0.496. The highest BCUT2D eigenvalue weighted by atomic mass is 32.2. The molecule has 0 aliphatic heterocycles. The lowest BCUT2D eigenvalue weighted by molar-refractivity contribution is 0.391. The van der Waals surface area contributed by atoms with E-state index in [1.54, 1.807) is 16.0 Å². The van der Waals surface area contributed by atoms with Gasteiger partial charge in [-0.25, -0.2) is 0 Å². The lowest BCUT2D eigenvalue weighted by Gasteiger charge is -2.06. The summed E-state index contributed by atoms with van der Waals surface area (Å²) in [5.41, 5.74) is 4.23. The van der Waals surface area contributed by atoms with Crippen molar-refractivity contribution in [1.29, 1.82) is 0 Å². The van der Waals surface area contributed by atoms with Crippen LogP contribution in [0.1, 0.15) is 17.0 Å². The molecule has 126 valence electrons. The van der Waals surface area contributed by atoms with Gasteiger partial charge in [0.05, 0.1) is 11.4 Å². The molecule has 0 fully saturated rings. The summed E-state index contributed by atoms with van der Waals surface area (Å²) in [7, 11) is 0. The van der Waals surface area contributed by atoms with Crippen LogP contribution in [0.2, 0.25) is 0 Å². The van der Waals surface area contributed by atoms with Crippen LogP contribution >= 0.6 is 23.1 Å². The fourth-order valence-electron chi connectivity index (χ4n) is 2.45. The van der Waals surface area contributed by atoms with Crippen LogP contribution in [0.3, 0.4) is 0 Å². The molecule has 0 aliphatic carbocycles. The lowest BCUT2D eigenvalue weighted by Crippen LogP contribution is -2.00. The van der Waals surface area contributed by atoms with Gasteiger partial charge in [-0.1, -0.05) is 23.0 Å². The monoisotopic (exact) mass is 370 g/mol. The maximum absolute atomic E-state index is 5.32. The van der Waals surface area contributed by atoms with Gasteiger partial charge >= 0.3 is 0 Å². The number of aromatic nitrogens is 6. The second-order valence-electron chi connectivity index (χ2n) is 5.53. The number of aryl methyl sites for hydroxylation is 2. The Balaban J connectivity index is 1.52. The first-order chi connectivity index (χ1) is 12.2. The van der Waals surface area contributed by atoms with E-state index in [1.165, 1.54) is 22.9 Å². The van der Waals surface area contributed by atoms with E-state index in [0.29, 0.717) is 22.6 Å². The SMILES string of the molecule is Cc1cc(C)cc(-n2nnnc2SCc2nc(-c3ccsc3)no2)c1. The van der Waals surface area contributed by atoms with Crippen molar-refractivity contribution in [2.45, 2.75) is 24.8 Å². The van der Waals surface area contributed by atoms with Crippen molar-refractivity contribution in [2.75, 3.05) is 0 Å². The van der Waals surface area contributed by atoms with Gasteiger partial charge in [0, 0.05) is 10.9 Å². The maximum Gasteiger partial charge on any atom is 0.237 e. The fraction of sp³-hybridized carbons (Fsp3) is 0.188. The van der Waals surface area contributed by atoms with E-state index in [4.69, 9.17) is 4.52 Å². The average molecular weight is 370 g/mol. The maximum atomic E-state index is 5.32. The summed E-state index contributed by atoms with van der Waals surface area (Å²) in [5.74, 6) is 1.65. The van der Waals surface area contributed by atoms with Gasteiger partial charge in [0.25, 0.3) is 0 Å². The van der Waals surface area contributed by atoms with Crippen LogP contribution in [0.25, 0.3) is 17.1 Å². The molecular weight excluding hydrogens is 356 g/mol. The zero-order valence-electron chi connectivity index (χ0n) is 13.6. The molecular formula is C16H14N6OS2. The van der Waals surface area contributed by atoms with Crippen LogP contribution in [0, 0.1) is 13.8 Å². The number of thioether (sulfide) groups is 1. The van der Waals surface area contributed by atoms with Crippen LogP contribution < -0.4 is 0 Å². The van der Waals surface area contributed by atoms with Gasteiger partial charge in [-0.15, -0.1) is 5.10 Å². The van der Waals surface area contributed by atoms with Crippen molar-refractivity contribution in [3.63, 3.8) is 0 Å². The molecule has 0 aliphatic rings. The number of nitrogens with zero attached hydrogens (tertiary/aromatic N) is 6. The van der Waals surface area contributed by atoms with E-state index in [1.807, 2.05) is 16.8 Å². The number of thiophene rings is 1. The summed E-state index contributed by atoms with van der Waals surface area (Å²) in [6.45, 7) is 4.11. The first-order valence-electron chi connectivity index (χ1n) is 7.54. The van der Waals surface area contributed by atoms with Gasteiger partial charge in [0.15, 0.2) is 0 Å². The molecule has 0 spiro atoms. The Morgan fingerprint density at radius 1 is 1.20 bits per heavy atom. The minimum Gasteiger partial charge on any atom is -0.338 e. The summed E-state index contributed by atoms with van der Waals surface area (Å²) in [5, 5.41) is 20.7. The highest BCUT2D eigenvalue weighted by Crippen LogP contribution is 2.25. The van der Waals surface area contributed by atoms with Crippen LogP contribution in [0.5, 0.6) is 0 Å². The van der Waals surface area contributed by atoms with Crippen molar-refractivity contribution in [3.05, 3.63) is 52.0 Å². The van der Waals surface area contributed by atoms with Crippen LogP contribution in [0.15, 0.2) is 44.7 Å². The van der Waals surface area contributed by atoms with Gasteiger partial charge in [-0.05, 0) is 59.0 Å². The predicted octanol–water partition coefficient (Wildman–Crippen LogP) is 3.68. The van der Waals surface area contributed by atoms with Crippen LogP contribution in [0.4, 0.5) is 0 Å². The standard InChI is InChI=1S/C16H14N6OS2/c1-10-5-11(2)7-13(6-10)22-16(18-20-21-22)25-9-14-17-15(19-23-14)12-3-4-24-8-12/h3-8H,9H2,1-2H3. The Labute approximate surface area is 152 Å². The molecule has 25 heavy (non-hydrogen) atoms. The zero-order chi connectivity index (χ0) is 17.2. The molecule has 1 aromatic carbocycles. The number of tetrazole rings is 1. The summed E-state index contributed by atoms with van der Waals surface area (Å²) >= 11 is 3.06. The molecule has 3 aromatic heterocycles. The summed E-state index contributed by atoms with van der Waals surface area (Å²) in [6, 6.07) is 8.18. The topological polar surface area (TPSA) is 82.5 Å². The molecule has 0 unspecified atom stereocenters. The van der Waals surface area contributed by atoms with Gasteiger partial charge in [0.2, 0.25) is 16.9 Å². The minimum absolute atomic E-state index is 0.502. The molecule has 4 aromatic rings. The normalized spacial score (nSPS) is 11.1. The molecule has 7 nitrogen and oxygen atoms in total. The van der Waals surface area contributed by atoms with E-state index >= 15 is 0 Å². The van der Waals surface area contributed by atoms with E-state index in [0.717, 1.165) is 11.3 Å². The largest absolute Gasteiger partial charge is 0.338 e. The highest BCUT2D eigenvalue weighted by molar-refractivity contribution is 7.98. The predicted molar refractivity (Wildman–Crippen MR) is 95.8 cm³/mol. The fourth-order valence-corrected chi connectivity index (χ4v) is 3.82. The van der Waals surface area contributed by atoms with E-state index in [-0.39, 0.29) is 0 Å². The third kappa shape index (κ3) is 3.47. The molecule has 0 radical (unpaired) electrons. The Bertz CT molecular complexity index is 972. The number of benzene rings is 1. The van der Waals surface area contributed by atoms with Crippen molar-refractivity contribution in [1.82, 2.24) is 30.3 Å². The molecule has 9 heteroatoms. The Kier molecular flexibility index (Phi) is 4.33. The third-order valence-corrected chi connectivity index (χ3v) is 5.05. The zero-order valence-corrected chi connectivity index (χ0v) is 15.2. The second kappa shape index (κ2) is 6.77. The lowest BCUT2D eigenvalue weighted by atomic mass is 10.1. The third-order valence-electron chi connectivity index (χ3n) is 3.46. The Morgan fingerprint density at radius 2 is 2.04 bits per heavy atom. The molecule has 0 saturated heterocycles. The number of hydrogen-bond donors (Lipinski definition) is 0. The smallest absolute Gasteiger partial charge is 0.237 e. The van der Waals surface area contributed by atoms with Crippen molar-refractivity contribution in [2.24, 2.45) is 0 Å². The molecule has 0 atom stereocenters. The Hall–Kier alpha value is -2.52. The first kappa shape index (κ1) is 16.0. The first-order valence-corrected chi connectivity index (χ1v) is 9.47. The molecule has 0 amide bonds. The molecule has 4 rings (SSSR count). The summed E-state index contributed by atoms with van der Waals surface area (Å²) in [4.78, 5) is 4.41. The van der Waals surface area contributed by atoms with E-state index in [9.17, 15) is 0 Å². The second-order valence-corrected chi connectivity index (χ2v) is 7.25. The number of hydrogen-bond acceptors (Lipinski definition) is 8. The van der Waals surface area contributed by atoms with Crippen LogP contribution in [-0.4, -0.2) is 30.3 Å². The molecule has 0 N–H and O–H groups in total. The van der Waals surface area contributed by atoms with Gasteiger partial charge in [-0.2, -0.15) is 21.0 Å². The van der Waals surface area contributed by atoms with Crippen LogP contribution in [-0.2, 0) is 5.75 Å². The van der Waals surface area contributed by atoms with Crippen molar-refractivity contribution < 1.29 is 4.52 Å². The number of rotatable bonds is 5. The molecule has 0 saturated carbocycles. The van der Waals surface area contributed by atoms with Crippen molar-refractivity contribution >= 4 is 23.1 Å². The summed E-state index contributed by atoms with van der Waals surface area (Å²) in [6.07, 6.45) is 0. The van der Waals surface area contributed by atoms with E-state index < -0.39 is 0 Å². The minimum atomic E-state index is 0.502. The van der Waals surface area contributed by atoms with Gasteiger partial charge < -0.3 is 4.52 Å². The van der Waals surface area contributed by atoms with Crippen molar-refractivity contribution in [3.8, 4) is 17.1 Å². The summed E-state index contributed by atoms with van der Waals surface area (Å²) < 4.78 is 7.04. The average Bonchev–Trinajstić information content (AvgIpc) is 3.32. The van der Waals surface area contributed by atoms with Gasteiger partial charge in [-0.3, -0.25) is 0 Å². The van der Waals surface area contributed by atoms with Gasteiger partial charge in [0.1, 0.15) is 0 Å². The molecule has 3 heterocycles.